The lowest BCUT2D eigenvalue weighted by Gasteiger charge is -2.34. The third kappa shape index (κ3) is 5.25. The molecule has 0 atom stereocenters. The molecule has 1 aliphatic rings. The van der Waals surface area contributed by atoms with E-state index >= 15 is 0 Å². The van der Waals surface area contributed by atoms with Crippen LogP contribution in [0.5, 0.6) is 0 Å². The predicted octanol–water partition coefficient (Wildman–Crippen LogP) is 3.33. The first-order valence-electron chi connectivity index (χ1n) is 10.1. The molecular formula is C20H20F4N8S. The summed E-state index contributed by atoms with van der Waals surface area (Å²) in [5, 5.41) is 7.44. The van der Waals surface area contributed by atoms with Crippen LogP contribution in [0.25, 0.3) is 0 Å². The molecular weight excluding hydrogens is 460 g/mol. The van der Waals surface area contributed by atoms with E-state index in [1.165, 1.54) is 18.2 Å². The Morgan fingerprint density at radius 3 is 2.52 bits per heavy atom. The van der Waals surface area contributed by atoms with E-state index in [-0.39, 0.29) is 17.0 Å². The van der Waals surface area contributed by atoms with E-state index in [2.05, 4.69) is 20.2 Å². The van der Waals surface area contributed by atoms with E-state index in [0.717, 1.165) is 16.6 Å². The first-order valence-corrected chi connectivity index (χ1v) is 10.5. The zero-order valence-corrected chi connectivity index (χ0v) is 18.4. The van der Waals surface area contributed by atoms with Gasteiger partial charge in [-0.25, -0.2) is 19.0 Å². The largest absolute Gasteiger partial charge is 0.453 e. The first kappa shape index (κ1) is 23.0. The molecule has 0 saturated carbocycles. The van der Waals surface area contributed by atoms with E-state index in [4.69, 9.17) is 12.2 Å². The van der Waals surface area contributed by atoms with Gasteiger partial charge in [0, 0.05) is 43.6 Å². The van der Waals surface area contributed by atoms with Crippen LogP contribution in [0, 0.1) is 17.5 Å². The highest BCUT2D eigenvalue weighted by molar-refractivity contribution is 7.71. The van der Waals surface area contributed by atoms with Gasteiger partial charge in [-0.3, -0.25) is 4.90 Å². The van der Waals surface area contributed by atoms with Gasteiger partial charge in [-0.15, -0.1) is 5.10 Å². The molecule has 1 aromatic carbocycles. The van der Waals surface area contributed by atoms with Crippen molar-refractivity contribution in [1.82, 2.24) is 29.3 Å². The lowest BCUT2D eigenvalue weighted by atomic mass is 10.2. The highest BCUT2D eigenvalue weighted by atomic mass is 32.1. The summed E-state index contributed by atoms with van der Waals surface area (Å²) in [5.41, 5.74) is 0.893. The molecule has 0 amide bonds. The van der Waals surface area contributed by atoms with Gasteiger partial charge in [-0.1, -0.05) is 18.2 Å². The van der Waals surface area contributed by atoms with Crippen LogP contribution in [0.3, 0.4) is 0 Å². The average Bonchev–Trinajstić information content (AvgIpc) is 3.09. The molecule has 0 spiro atoms. The number of nitrogens with zero attached hydrogens (tertiary/aromatic N) is 8. The maximum Gasteiger partial charge on any atom is 0.453 e. The van der Waals surface area contributed by atoms with Crippen molar-refractivity contribution >= 4 is 24.4 Å². The molecule has 0 radical (unpaired) electrons. The van der Waals surface area contributed by atoms with Gasteiger partial charge in [-0.05, 0) is 31.3 Å². The monoisotopic (exact) mass is 480 g/mol. The zero-order valence-electron chi connectivity index (χ0n) is 17.6. The van der Waals surface area contributed by atoms with Crippen molar-refractivity contribution in [2.75, 3.05) is 31.1 Å². The Bertz CT molecular complexity index is 1210. The highest BCUT2D eigenvalue weighted by Gasteiger charge is 2.39. The number of anilines is 1. The van der Waals surface area contributed by atoms with Gasteiger partial charge in [0.15, 0.2) is 0 Å². The van der Waals surface area contributed by atoms with Crippen molar-refractivity contribution in [2.45, 2.75) is 19.8 Å². The van der Waals surface area contributed by atoms with Crippen molar-refractivity contribution in [1.29, 1.82) is 0 Å². The van der Waals surface area contributed by atoms with Crippen LogP contribution in [-0.2, 0) is 12.8 Å². The summed E-state index contributed by atoms with van der Waals surface area (Å²) in [4.78, 5) is 12.6. The molecule has 1 fully saturated rings. The second kappa shape index (κ2) is 9.35. The maximum absolute atomic E-state index is 13.8. The second-order valence-electron chi connectivity index (χ2n) is 7.43. The van der Waals surface area contributed by atoms with Gasteiger partial charge in [-0.2, -0.15) is 22.9 Å². The number of benzene rings is 1. The molecule has 8 nitrogen and oxygen atoms in total. The number of aryl methyl sites for hydroxylation is 1. The van der Waals surface area contributed by atoms with Crippen LogP contribution in [0.4, 0.5) is 23.5 Å². The Kier molecular flexibility index (Phi) is 6.51. The summed E-state index contributed by atoms with van der Waals surface area (Å²) in [6, 6.07) is 7.43. The third-order valence-corrected chi connectivity index (χ3v) is 5.44. The lowest BCUT2D eigenvalue weighted by Crippen LogP contribution is -2.47. The molecule has 174 valence electrons. The van der Waals surface area contributed by atoms with Crippen molar-refractivity contribution in [2.24, 2.45) is 5.10 Å². The maximum atomic E-state index is 13.8. The predicted molar refractivity (Wildman–Crippen MR) is 116 cm³/mol. The van der Waals surface area contributed by atoms with Gasteiger partial charge >= 0.3 is 6.18 Å². The van der Waals surface area contributed by atoms with Crippen molar-refractivity contribution in [3.8, 4) is 0 Å². The fourth-order valence-corrected chi connectivity index (χ4v) is 3.57. The number of halogens is 4. The van der Waals surface area contributed by atoms with Crippen molar-refractivity contribution in [3.05, 3.63) is 64.2 Å². The van der Waals surface area contributed by atoms with Gasteiger partial charge < -0.3 is 4.90 Å². The molecule has 3 heterocycles. The summed E-state index contributed by atoms with van der Waals surface area (Å²) >= 11 is 5.21. The van der Waals surface area contributed by atoms with Crippen LogP contribution in [0.2, 0.25) is 0 Å². The molecule has 1 aliphatic heterocycles. The summed E-state index contributed by atoms with van der Waals surface area (Å²) in [5.74, 6) is -1.26. The minimum absolute atomic E-state index is 0.0368. The molecule has 1 saturated heterocycles. The topological polar surface area (TPSA) is 67.4 Å². The standard InChI is InChI=1S/C20H20F4N8S/c1-14-6-7-25-18(27-14)30-10-8-29(9-11-30)13-31-19(33)32(17(28-31)20(22,23)24)26-12-15-4-2-3-5-16(15)21/h2-7,12H,8-11,13H2,1H3/b26-12+. The van der Waals surface area contributed by atoms with E-state index in [0.29, 0.717) is 36.8 Å². The van der Waals surface area contributed by atoms with E-state index in [1.807, 2.05) is 22.8 Å². The molecule has 33 heavy (non-hydrogen) atoms. The van der Waals surface area contributed by atoms with Crippen molar-refractivity contribution < 1.29 is 17.6 Å². The molecule has 0 unspecified atom stereocenters. The minimum Gasteiger partial charge on any atom is -0.338 e. The minimum atomic E-state index is -4.79. The van der Waals surface area contributed by atoms with Gasteiger partial charge in [0.1, 0.15) is 5.82 Å². The molecule has 0 N–H and O–H groups in total. The highest BCUT2D eigenvalue weighted by Crippen LogP contribution is 2.28. The second-order valence-corrected chi connectivity index (χ2v) is 7.79. The number of aromatic nitrogens is 5. The Morgan fingerprint density at radius 2 is 1.85 bits per heavy atom. The summed E-state index contributed by atoms with van der Waals surface area (Å²) < 4.78 is 55.9. The van der Waals surface area contributed by atoms with Crippen molar-refractivity contribution in [3.63, 3.8) is 0 Å². The van der Waals surface area contributed by atoms with Crippen LogP contribution < -0.4 is 4.90 Å². The SMILES string of the molecule is Cc1ccnc(N2CCN(Cn3nc(C(F)(F)F)n(/N=C/c4ccccc4F)c3=S)CC2)n1. The quantitative estimate of drug-likeness (QED) is 0.317. The lowest BCUT2D eigenvalue weighted by molar-refractivity contribution is -0.147. The fourth-order valence-electron chi connectivity index (χ4n) is 3.34. The van der Waals surface area contributed by atoms with Crippen LogP contribution in [0.15, 0.2) is 41.6 Å². The number of alkyl halides is 3. The molecule has 0 aliphatic carbocycles. The summed E-state index contributed by atoms with van der Waals surface area (Å²) in [6.07, 6.45) is -2.10. The smallest absolute Gasteiger partial charge is 0.338 e. The first-order chi connectivity index (χ1) is 15.7. The van der Waals surface area contributed by atoms with Crippen LogP contribution in [-0.4, -0.2) is 61.7 Å². The zero-order chi connectivity index (χ0) is 23.6. The van der Waals surface area contributed by atoms with Gasteiger partial charge in [0.25, 0.3) is 5.82 Å². The average molecular weight is 480 g/mol. The van der Waals surface area contributed by atoms with E-state index < -0.39 is 17.8 Å². The number of hydrogen-bond donors (Lipinski definition) is 0. The summed E-state index contributed by atoms with van der Waals surface area (Å²) in [6.45, 7) is 4.28. The third-order valence-electron chi connectivity index (χ3n) is 5.06. The van der Waals surface area contributed by atoms with E-state index in [9.17, 15) is 17.6 Å². The van der Waals surface area contributed by atoms with Gasteiger partial charge in [0.2, 0.25) is 10.7 Å². The Morgan fingerprint density at radius 1 is 1.12 bits per heavy atom. The molecule has 2 aromatic heterocycles. The van der Waals surface area contributed by atoms with Gasteiger partial charge in [0.05, 0.1) is 12.9 Å². The molecule has 4 rings (SSSR count). The van der Waals surface area contributed by atoms with Crippen LogP contribution in [0.1, 0.15) is 17.1 Å². The Hall–Kier alpha value is -3.19. The number of hydrogen-bond acceptors (Lipinski definition) is 7. The normalized spacial score (nSPS) is 15.5. The Balaban J connectivity index is 1.52. The number of rotatable bonds is 5. The van der Waals surface area contributed by atoms with Crippen LogP contribution >= 0.6 is 12.2 Å². The Labute approximate surface area is 191 Å². The van der Waals surface area contributed by atoms with E-state index in [1.54, 1.807) is 12.3 Å². The molecule has 13 heteroatoms. The summed E-state index contributed by atoms with van der Waals surface area (Å²) in [7, 11) is 0. The number of piperazine rings is 1. The molecule has 3 aromatic rings. The fraction of sp³-hybridized carbons (Fsp3) is 0.350. The molecule has 0 bridgehead atoms.